The highest BCUT2D eigenvalue weighted by Crippen LogP contribution is 2.16. The van der Waals surface area contributed by atoms with Gasteiger partial charge in [0.2, 0.25) is 11.8 Å². The molecule has 2 amide bonds. The fourth-order valence-electron chi connectivity index (χ4n) is 0.984. The van der Waals surface area contributed by atoms with Crippen molar-refractivity contribution in [2.24, 2.45) is 5.41 Å². The third-order valence-corrected chi connectivity index (χ3v) is 2.70. The van der Waals surface area contributed by atoms with Crippen molar-refractivity contribution in [3.05, 3.63) is 0 Å². The van der Waals surface area contributed by atoms with Gasteiger partial charge in [0.15, 0.2) is 0 Å². The van der Waals surface area contributed by atoms with E-state index in [0.717, 1.165) is 0 Å². The minimum absolute atomic E-state index is 0.0565. The minimum Gasteiger partial charge on any atom is -0.355 e. The number of alkyl halides is 1. The Morgan fingerprint density at radius 3 is 2.31 bits per heavy atom. The molecule has 0 fully saturated rings. The van der Waals surface area contributed by atoms with Gasteiger partial charge in [0, 0.05) is 24.9 Å². The summed E-state index contributed by atoms with van der Waals surface area (Å²) in [5, 5.41) is 5.45. The Bertz CT molecular complexity index is 252. The van der Waals surface area contributed by atoms with Crippen LogP contribution >= 0.6 is 11.6 Å². The van der Waals surface area contributed by atoms with Crippen LogP contribution in [0, 0.1) is 5.41 Å². The normalized spacial score (nSPS) is 11.4. The van der Waals surface area contributed by atoms with E-state index in [9.17, 15) is 9.59 Å². The maximum absolute atomic E-state index is 11.6. The van der Waals surface area contributed by atoms with Crippen molar-refractivity contribution >= 4 is 23.4 Å². The molecule has 16 heavy (non-hydrogen) atoms. The minimum atomic E-state index is -0.587. The van der Waals surface area contributed by atoms with Crippen LogP contribution in [0.1, 0.15) is 34.1 Å². The fraction of sp³-hybridized carbons (Fsp3) is 0.818. The highest BCUT2D eigenvalue weighted by molar-refractivity contribution is 6.19. The lowest BCUT2D eigenvalue weighted by Crippen LogP contribution is -2.40. The average molecular weight is 249 g/mol. The van der Waals surface area contributed by atoms with Crippen molar-refractivity contribution in [1.29, 1.82) is 0 Å². The van der Waals surface area contributed by atoms with E-state index < -0.39 is 5.41 Å². The van der Waals surface area contributed by atoms with Gasteiger partial charge >= 0.3 is 0 Å². The van der Waals surface area contributed by atoms with E-state index in [4.69, 9.17) is 11.6 Å². The number of hydrogen-bond acceptors (Lipinski definition) is 2. The summed E-state index contributed by atoms with van der Waals surface area (Å²) in [6.07, 6.45) is 0.294. The van der Waals surface area contributed by atoms with Gasteiger partial charge in [-0.1, -0.05) is 0 Å². The Hall–Kier alpha value is -0.770. The van der Waals surface area contributed by atoms with Crippen molar-refractivity contribution in [2.45, 2.75) is 40.2 Å². The van der Waals surface area contributed by atoms with Gasteiger partial charge < -0.3 is 10.6 Å². The van der Waals surface area contributed by atoms with E-state index in [0.29, 0.717) is 13.0 Å². The first-order valence-corrected chi connectivity index (χ1v) is 5.96. The molecule has 4 nitrogen and oxygen atoms in total. The first-order chi connectivity index (χ1) is 7.29. The number of amides is 2. The molecule has 0 spiro atoms. The third kappa shape index (κ3) is 5.95. The van der Waals surface area contributed by atoms with Crippen LogP contribution in [0.15, 0.2) is 0 Å². The lowest BCUT2D eigenvalue weighted by molar-refractivity contribution is -0.128. The van der Waals surface area contributed by atoms with Gasteiger partial charge in [-0.05, 0) is 27.7 Å². The fourth-order valence-corrected chi connectivity index (χ4v) is 1.11. The van der Waals surface area contributed by atoms with E-state index in [2.05, 4.69) is 10.6 Å². The van der Waals surface area contributed by atoms with Crippen molar-refractivity contribution in [3.63, 3.8) is 0 Å². The number of rotatable bonds is 6. The molecule has 0 aromatic rings. The summed E-state index contributed by atoms with van der Waals surface area (Å²) in [4.78, 5) is 22.8. The van der Waals surface area contributed by atoms with E-state index in [1.165, 1.54) is 0 Å². The van der Waals surface area contributed by atoms with Crippen molar-refractivity contribution < 1.29 is 9.59 Å². The molecule has 0 aliphatic heterocycles. The summed E-state index contributed by atoms with van der Waals surface area (Å²) in [5.41, 5.74) is -0.587. The number of carbonyl (C=O) groups excluding carboxylic acids is 2. The highest BCUT2D eigenvalue weighted by Gasteiger charge is 2.25. The lowest BCUT2D eigenvalue weighted by Gasteiger charge is -2.20. The summed E-state index contributed by atoms with van der Waals surface area (Å²) >= 11 is 5.66. The van der Waals surface area contributed by atoms with Gasteiger partial charge in [-0.25, -0.2) is 0 Å². The number of carbonyl (C=O) groups is 2. The predicted molar refractivity (Wildman–Crippen MR) is 65.4 cm³/mol. The maximum Gasteiger partial charge on any atom is 0.226 e. The van der Waals surface area contributed by atoms with Gasteiger partial charge in [-0.3, -0.25) is 9.59 Å². The highest BCUT2D eigenvalue weighted by atomic mass is 35.5. The van der Waals surface area contributed by atoms with Crippen LogP contribution in [0.3, 0.4) is 0 Å². The number of nitrogens with one attached hydrogen (secondary N) is 2. The van der Waals surface area contributed by atoms with Crippen molar-refractivity contribution in [1.82, 2.24) is 10.6 Å². The van der Waals surface area contributed by atoms with E-state index in [1.807, 2.05) is 13.8 Å². The first-order valence-electron chi connectivity index (χ1n) is 5.43. The van der Waals surface area contributed by atoms with Crippen LogP contribution in [0.2, 0.25) is 0 Å². The molecule has 0 saturated carbocycles. The van der Waals surface area contributed by atoms with Gasteiger partial charge in [-0.2, -0.15) is 0 Å². The van der Waals surface area contributed by atoms with Crippen molar-refractivity contribution in [2.75, 3.05) is 12.4 Å². The topological polar surface area (TPSA) is 58.2 Å². The summed E-state index contributed by atoms with van der Waals surface area (Å²) in [5.74, 6) is 0.0793. The smallest absolute Gasteiger partial charge is 0.226 e. The number of hydrogen-bond donors (Lipinski definition) is 2. The second-order valence-electron chi connectivity index (χ2n) is 4.75. The molecule has 0 aliphatic rings. The van der Waals surface area contributed by atoms with Crippen LogP contribution in [0.4, 0.5) is 0 Å². The van der Waals surface area contributed by atoms with Crippen LogP contribution in [-0.4, -0.2) is 30.3 Å². The molecule has 0 radical (unpaired) electrons. The summed E-state index contributed by atoms with van der Waals surface area (Å²) < 4.78 is 0. The van der Waals surface area contributed by atoms with E-state index >= 15 is 0 Å². The van der Waals surface area contributed by atoms with Crippen LogP contribution in [-0.2, 0) is 9.59 Å². The Morgan fingerprint density at radius 1 is 1.31 bits per heavy atom. The number of halogens is 1. The van der Waals surface area contributed by atoms with Crippen LogP contribution in [0.5, 0.6) is 0 Å². The molecule has 5 heteroatoms. The lowest BCUT2D eigenvalue weighted by atomic mass is 9.95. The molecule has 0 aromatic carbocycles. The van der Waals surface area contributed by atoms with Gasteiger partial charge in [0.05, 0.1) is 5.41 Å². The molecule has 0 saturated heterocycles. The largest absolute Gasteiger partial charge is 0.355 e. The quantitative estimate of drug-likeness (QED) is 0.696. The molecule has 0 atom stereocenters. The average Bonchev–Trinajstić information content (AvgIpc) is 2.16. The molecular formula is C11H21ClN2O2. The molecule has 2 N–H and O–H groups in total. The Balaban J connectivity index is 3.83. The van der Waals surface area contributed by atoms with Crippen LogP contribution in [0.25, 0.3) is 0 Å². The zero-order valence-electron chi connectivity index (χ0n) is 10.4. The molecule has 0 bridgehead atoms. The van der Waals surface area contributed by atoms with Gasteiger partial charge in [-0.15, -0.1) is 11.6 Å². The monoisotopic (exact) mass is 248 g/mol. The zero-order valence-corrected chi connectivity index (χ0v) is 11.1. The van der Waals surface area contributed by atoms with E-state index in [1.54, 1.807) is 13.8 Å². The summed E-state index contributed by atoms with van der Waals surface area (Å²) in [6, 6.07) is 0.127. The third-order valence-electron chi connectivity index (χ3n) is 2.04. The predicted octanol–water partition coefficient (Wildman–Crippen LogP) is 1.28. The molecule has 0 unspecified atom stereocenters. The SMILES string of the molecule is CC(C)NC(=O)CCNC(=O)C(C)(C)CCl. The molecule has 94 valence electrons. The molecular weight excluding hydrogens is 228 g/mol. The van der Waals surface area contributed by atoms with Crippen LogP contribution < -0.4 is 10.6 Å². The standard InChI is InChI=1S/C11H21ClN2O2/c1-8(2)14-9(15)5-6-13-10(16)11(3,4)7-12/h8H,5-7H2,1-4H3,(H,13,16)(H,14,15). The first kappa shape index (κ1) is 15.2. The molecule has 0 aliphatic carbocycles. The Labute approximate surface area is 102 Å². The second-order valence-corrected chi connectivity index (χ2v) is 5.01. The molecule has 0 rings (SSSR count). The summed E-state index contributed by atoms with van der Waals surface area (Å²) in [7, 11) is 0. The Morgan fingerprint density at radius 2 is 1.88 bits per heavy atom. The summed E-state index contributed by atoms with van der Waals surface area (Å²) in [6.45, 7) is 7.67. The zero-order chi connectivity index (χ0) is 12.8. The van der Waals surface area contributed by atoms with E-state index in [-0.39, 0.29) is 23.7 Å². The molecule has 0 aromatic heterocycles. The van der Waals surface area contributed by atoms with Gasteiger partial charge in [0.1, 0.15) is 0 Å². The second kappa shape index (κ2) is 6.74. The van der Waals surface area contributed by atoms with Gasteiger partial charge in [0.25, 0.3) is 0 Å². The maximum atomic E-state index is 11.6. The molecule has 0 heterocycles. The Kier molecular flexibility index (Phi) is 6.41. The van der Waals surface area contributed by atoms with Crippen molar-refractivity contribution in [3.8, 4) is 0 Å².